The number of nitrogens with zero attached hydrogens (tertiary/aromatic N) is 2. The number of carbonyl (C=O) groups excluding carboxylic acids is 1. The highest BCUT2D eigenvalue weighted by Gasteiger charge is 2.27. The molecule has 0 atom stereocenters. The molecular weight excluding hydrogens is 434 g/mol. The summed E-state index contributed by atoms with van der Waals surface area (Å²) in [5.41, 5.74) is 2.95. The van der Waals surface area contributed by atoms with Gasteiger partial charge in [0.2, 0.25) is 10.0 Å². The first-order valence-electron chi connectivity index (χ1n) is 8.30. The molecule has 1 aliphatic heterocycles. The van der Waals surface area contributed by atoms with E-state index in [1.807, 2.05) is 0 Å². The van der Waals surface area contributed by atoms with Gasteiger partial charge >= 0.3 is 0 Å². The second-order valence-electron chi connectivity index (χ2n) is 6.04. The fourth-order valence-electron chi connectivity index (χ4n) is 2.73. The zero-order valence-electron chi connectivity index (χ0n) is 14.3. The van der Waals surface area contributed by atoms with E-state index >= 15 is 0 Å². The van der Waals surface area contributed by atoms with E-state index in [9.17, 15) is 18.3 Å². The molecule has 9 heteroatoms. The van der Waals surface area contributed by atoms with Crippen molar-refractivity contribution in [1.82, 2.24) is 9.73 Å². The normalized spacial score (nSPS) is 15.3. The molecule has 0 bridgehead atoms. The van der Waals surface area contributed by atoms with Crippen LogP contribution in [0.5, 0.6) is 5.75 Å². The van der Waals surface area contributed by atoms with E-state index in [1.165, 1.54) is 40.9 Å². The summed E-state index contributed by atoms with van der Waals surface area (Å²) in [5, 5.41) is 13.6. The third-order valence-corrected chi connectivity index (χ3v) is 6.55. The maximum Gasteiger partial charge on any atom is 0.271 e. The van der Waals surface area contributed by atoms with Crippen LogP contribution in [0.3, 0.4) is 0 Å². The number of phenols is 1. The lowest BCUT2D eigenvalue weighted by Crippen LogP contribution is -2.28. The van der Waals surface area contributed by atoms with Crippen molar-refractivity contribution in [2.45, 2.75) is 17.7 Å². The SMILES string of the molecule is O=C(N/N=C/c1cc(Br)ccc1O)c1cccc(S(=O)(=O)N2CCCC2)c1. The predicted octanol–water partition coefficient (Wildman–Crippen LogP) is 2.70. The summed E-state index contributed by atoms with van der Waals surface area (Å²) in [4.78, 5) is 12.4. The third kappa shape index (κ3) is 4.55. The molecule has 2 aromatic carbocycles. The van der Waals surface area contributed by atoms with E-state index in [0.29, 0.717) is 18.7 Å². The number of phenolic OH excluding ortho intramolecular Hbond substituents is 1. The lowest BCUT2D eigenvalue weighted by Gasteiger charge is -2.15. The zero-order valence-corrected chi connectivity index (χ0v) is 16.7. The second-order valence-corrected chi connectivity index (χ2v) is 8.89. The first kappa shape index (κ1) is 19.5. The van der Waals surface area contributed by atoms with Gasteiger partial charge in [-0.05, 0) is 49.2 Å². The highest BCUT2D eigenvalue weighted by molar-refractivity contribution is 9.10. The van der Waals surface area contributed by atoms with Crippen LogP contribution in [0, 0.1) is 0 Å². The molecule has 142 valence electrons. The van der Waals surface area contributed by atoms with Crippen LogP contribution in [-0.2, 0) is 10.0 Å². The molecule has 2 aromatic rings. The van der Waals surface area contributed by atoms with Crippen molar-refractivity contribution in [2.75, 3.05) is 13.1 Å². The average Bonchev–Trinajstić information content (AvgIpc) is 3.20. The van der Waals surface area contributed by atoms with Crippen molar-refractivity contribution in [1.29, 1.82) is 0 Å². The number of amides is 1. The van der Waals surface area contributed by atoms with Crippen LogP contribution < -0.4 is 5.43 Å². The summed E-state index contributed by atoms with van der Waals surface area (Å²) >= 11 is 3.29. The van der Waals surface area contributed by atoms with Gasteiger partial charge in [0.05, 0.1) is 11.1 Å². The fourth-order valence-corrected chi connectivity index (χ4v) is 4.67. The molecule has 0 unspecified atom stereocenters. The van der Waals surface area contributed by atoms with E-state index < -0.39 is 15.9 Å². The highest BCUT2D eigenvalue weighted by atomic mass is 79.9. The van der Waals surface area contributed by atoms with Gasteiger partial charge in [-0.3, -0.25) is 4.79 Å². The van der Waals surface area contributed by atoms with Crippen LogP contribution in [0.2, 0.25) is 0 Å². The van der Waals surface area contributed by atoms with Gasteiger partial charge in [0.25, 0.3) is 5.91 Å². The fraction of sp³-hybridized carbons (Fsp3) is 0.222. The Hall–Kier alpha value is -2.23. The minimum Gasteiger partial charge on any atom is -0.507 e. The van der Waals surface area contributed by atoms with Crippen molar-refractivity contribution >= 4 is 38.1 Å². The van der Waals surface area contributed by atoms with Crippen LogP contribution >= 0.6 is 15.9 Å². The molecule has 0 aromatic heterocycles. The van der Waals surface area contributed by atoms with E-state index in [-0.39, 0.29) is 16.2 Å². The van der Waals surface area contributed by atoms with E-state index in [2.05, 4.69) is 26.5 Å². The maximum absolute atomic E-state index is 12.6. The minimum atomic E-state index is -3.59. The monoisotopic (exact) mass is 451 g/mol. The summed E-state index contributed by atoms with van der Waals surface area (Å²) in [6.45, 7) is 0.998. The van der Waals surface area contributed by atoms with Crippen molar-refractivity contribution in [3.05, 3.63) is 58.1 Å². The molecule has 27 heavy (non-hydrogen) atoms. The zero-order chi connectivity index (χ0) is 19.4. The Morgan fingerprint density at radius 3 is 2.67 bits per heavy atom. The van der Waals surface area contributed by atoms with Crippen LogP contribution in [-0.4, -0.2) is 43.0 Å². The Morgan fingerprint density at radius 2 is 1.93 bits per heavy atom. The standard InChI is InChI=1S/C18H18BrN3O4S/c19-15-6-7-17(23)14(10-15)12-20-21-18(24)13-4-3-5-16(11-13)27(25,26)22-8-1-2-9-22/h3-7,10-12,23H,1-2,8-9H2,(H,21,24)/b20-12+. The molecule has 3 rings (SSSR count). The van der Waals surface area contributed by atoms with Gasteiger partial charge in [-0.2, -0.15) is 9.41 Å². The number of aromatic hydroxyl groups is 1. The molecule has 0 spiro atoms. The van der Waals surface area contributed by atoms with E-state index in [1.54, 1.807) is 12.1 Å². The van der Waals surface area contributed by atoms with Gasteiger partial charge in [0.15, 0.2) is 0 Å². The lowest BCUT2D eigenvalue weighted by molar-refractivity contribution is 0.0955. The number of carbonyl (C=O) groups is 1. The number of hydrogen-bond acceptors (Lipinski definition) is 5. The third-order valence-electron chi connectivity index (χ3n) is 4.16. The molecule has 0 saturated carbocycles. The first-order chi connectivity index (χ1) is 12.9. The van der Waals surface area contributed by atoms with Crippen molar-refractivity contribution in [3.63, 3.8) is 0 Å². The van der Waals surface area contributed by atoms with Gasteiger partial charge in [-0.1, -0.05) is 22.0 Å². The van der Waals surface area contributed by atoms with Crippen LogP contribution in [0.25, 0.3) is 0 Å². The molecule has 1 fully saturated rings. The Kier molecular flexibility index (Phi) is 5.93. The Balaban J connectivity index is 1.74. The van der Waals surface area contributed by atoms with Crippen LogP contribution in [0.1, 0.15) is 28.8 Å². The van der Waals surface area contributed by atoms with Gasteiger partial charge < -0.3 is 5.11 Å². The Morgan fingerprint density at radius 1 is 1.19 bits per heavy atom. The number of benzene rings is 2. The summed E-state index contributed by atoms with van der Waals surface area (Å²) in [6, 6.07) is 10.7. The smallest absolute Gasteiger partial charge is 0.271 e. The quantitative estimate of drug-likeness (QED) is 0.538. The van der Waals surface area contributed by atoms with Crippen molar-refractivity contribution in [2.24, 2.45) is 5.10 Å². The maximum atomic E-state index is 12.6. The van der Waals surface area contributed by atoms with E-state index in [4.69, 9.17) is 0 Å². The predicted molar refractivity (Wildman–Crippen MR) is 105 cm³/mol. The number of hydrazone groups is 1. The summed E-state index contributed by atoms with van der Waals surface area (Å²) in [6.07, 6.45) is 3.00. The molecule has 1 heterocycles. The number of halogens is 1. The van der Waals surface area contributed by atoms with Gasteiger partial charge in [0, 0.05) is 28.7 Å². The molecule has 0 aliphatic carbocycles. The molecule has 1 aliphatic rings. The Labute approximate surface area is 165 Å². The molecule has 0 radical (unpaired) electrons. The van der Waals surface area contributed by atoms with Gasteiger partial charge in [-0.15, -0.1) is 0 Å². The number of rotatable bonds is 5. The molecule has 1 saturated heterocycles. The van der Waals surface area contributed by atoms with Gasteiger partial charge in [0.1, 0.15) is 5.75 Å². The first-order valence-corrected chi connectivity index (χ1v) is 10.5. The van der Waals surface area contributed by atoms with Crippen LogP contribution in [0.15, 0.2) is 56.9 Å². The number of hydrogen-bond donors (Lipinski definition) is 2. The topological polar surface area (TPSA) is 99.1 Å². The lowest BCUT2D eigenvalue weighted by atomic mass is 10.2. The minimum absolute atomic E-state index is 0.0231. The molecular formula is C18H18BrN3O4S. The van der Waals surface area contributed by atoms with Crippen LogP contribution in [0.4, 0.5) is 0 Å². The number of sulfonamides is 1. The Bertz CT molecular complexity index is 986. The molecule has 7 nitrogen and oxygen atoms in total. The number of nitrogens with one attached hydrogen (secondary N) is 1. The van der Waals surface area contributed by atoms with Gasteiger partial charge in [-0.25, -0.2) is 13.8 Å². The summed E-state index contributed by atoms with van der Waals surface area (Å²) in [7, 11) is -3.59. The highest BCUT2D eigenvalue weighted by Crippen LogP contribution is 2.22. The van der Waals surface area contributed by atoms with E-state index in [0.717, 1.165) is 17.3 Å². The van der Waals surface area contributed by atoms with Crippen molar-refractivity contribution in [3.8, 4) is 5.75 Å². The summed E-state index contributed by atoms with van der Waals surface area (Å²) < 4.78 is 27.4. The molecule has 2 N–H and O–H groups in total. The second kappa shape index (κ2) is 8.20. The summed E-state index contributed by atoms with van der Waals surface area (Å²) in [5.74, 6) is -0.519. The average molecular weight is 452 g/mol. The largest absolute Gasteiger partial charge is 0.507 e. The van der Waals surface area contributed by atoms with Crippen molar-refractivity contribution < 1.29 is 18.3 Å². The molecule has 1 amide bonds.